The van der Waals surface area contributed by atoms with E-state index >= 15 is 0 Å². The van der Waals surface area contributed by atoms with Gasteiger partial charge in [-0.05, 0) is 38.5 Å². The van der Waals surface area contributed by atoms with Crippen molar-refractivity contribution in [1.29, 1.82) is 0 Å². The summed E-state index contributed by atoms with van der Waals surface area (Å²) in [5.41, 5.74) is 0. The quantitative estimate of drug-likeness (QED) is 0.107. The van der Waals surface area contributed by atoms with E-state index in [1.54, 1.807) is 0 Å². The second-order valence-electron chi connectivity index (χ2n) is 9.69. The minimum absolute atomic E-state index is 0.590. The highest BCUT2D eigenvalue weighted by atomic mass is 16.7. The number of nitrogens with zero attached hydrogens (tertiary/aromatic N) is 4. The summed E-state index contributed by atoms with van der Waals surface area (Å²) in [7, 11) is 0. The number of piperidine rings is 2. The predicted octanol–water partition coefficient (Wildman–Crippen LogP) is -1.62. The van der Waals surface area contributed by atoms with Crippen molar-refractivity contribution in [2.45, 2.75) is 94.7 Å². The number of aliphatic hydroxyl groups is 5. The van der Waals surface area contributed by atoms with Gasteiger partial charge in [-0.1, -0.05) is 0 Å². The van der Waals surface area contributed by atoms with E-state index in [1.807, 2.05) is 10.0 Å². The smallest absolute Gasteiger partial charge is 0.303 e. The molecule has 0 bridgehead atoms. The van der Waals surface area contributed by atoms with Crippen molar-refractivity contribution < 1.29 is 49.3 Å². The molecule has 0 saturated carbocycles. The fourth-order valence-electron chi connectivity index (χ4n) is 4.61. The zero-order valence-corrected chi connectivity index (χ0v) is 21.8. The zero-order valence-electron chi connectivity index (χ0n) is 21.8. The summed E-state index contributed by atoms with van der Waals surface area (Å²) in [6.45, 7) is 2.91. The number of rotatable bonds is 12. The van der Waals surface area contributed by atoms with Crippen LogP contribution < -0.4 is 0 Å². The van der Waals surface area contributed by atoms with Crippen molar-refractivity contribution in [1.82, 2.24) is 10.0 Å². The Morgan fingerprint density at radius 2 is 1.55 bits per heavy atom. The zero-order chi connectivity index (χ0) is 27.5. The van der Waals surface area contributed by atoms with Gasteiger partial charge in [0.15, 0.2) is 18.7 Å². The molecule has 3 saturated heterocycles. The molecule has 14 nitrogen and oxygen atoms in total. The molecule has 0 aliphatic carbocycles. The Hall–Kier alpha value is -1.91. The first-order chi connectivity index (χ1) is 18.3. The van der Waals surface area contributed by atoms with Gasteiger partial charge < -0.3 is 44.5 Å². The van der Waals surface area contributed by atoms with Crippen molar-refractivity contribution in [3.8, 4) is 0 Å². The lowest BCUT2D eigenvalue weighted by Gasteiger charge is -2.42. The molecule has 0 spiro atoms. The minimum Gasteiger partial charge on any atom is -0.457 e. The van der Waals surface area contributed by atoms with Crippen LogP contribution in [0.25, 0.3) is 0 Å². The summed E-state index contributed by atoms with van der Waals surface area (Å²) in [6, 6.07) is 0. The van der Waals surface area contributed by atoms with Gasteiger partial charge in [0.05, 0.1) is 25.6 Å². The Bertz CT molecular complexity index is 762. The molecular formula is C24H42N4O10. The fourth-order valence-corrected chi connectivity index (χ4v) is 4.61. The molecule has 38 heavy (non-hydrogen) atoms. The summed E-state index contributed by atoms with van der Waals surface area (Å²) in [5, 5.41) is 63.7. The number of hydrazone groups is 2. The van der Waals surface area contributed by atoms with Gasteiger partial charge in [0, 0.05) is 33.1 Å². The second-order valence-corrected chi connectivity index (χ2v) is 9.69. The van der Waals surface area contributed by atoms with Gasteiger partial charge in [-0.3, -0.25) is 14.8 Å². The van der Waals surface area contributed by atoms with E-state index < -0.39 is 68.4 Å². The highest BCUT2D eigenvalue weighted by Gasteiger charge is 2.48. The lowest BCUT2D eigenvalue weighted by Crippen LogP contribution is -2.61. The number of carbonyl (C=O) groups excluding carboxylic acids is 1. The number of aliphatic hydroxyl groups excluding tert-OH is 5. The highest BCUT2D eigenvalue weighted by Crippen LogP contribution is 2.26. The molecule has 0 radical (unpaired) electrons. The van der Waals surface area contributed by atoms with E-state index in [0.717, 1.165) is 71.6 Å². The SMILES string of the molecule is CC(=O)O[C@H]1[C@@H](O)[C@@H](CO)O[C@@H](O[C@@H](/C=N/N2CCCCC2)[C@@H](CO)O[C@H](O)/C=N\N2CCCCC2)[C@@H]1O. The van der Waals surface area contributed by atoms with E-state index in [0.29, 0.717) is 0 Å². The van der Waals surface area contributed by atoms with Crippen LogP contribution in [0, 0.1) is 0 Å². The number of hydrogen-bond acceptors (Lipinski definition) is 14. The lowest BCUT2D eigenvalue weighted by atomic mass is 9.99. The lowest BCUT2D eigenvalue weighted by molar-refractivity contribution is -0.315. The van der Waals surface area contributed by atoms with Crippen molar-refractivity contribution in [3.05, 3.63) is 0 Å². The van der Waals surface area contributed by atoms with Gasteiger partial charge in [0.25, 0.3) is 0 Å². The normalized spacial score (nSPS) is 31.5. The summed E-state index contributed by atoms with van der Waals surface area (Å²) < 4.78 is 22.1. The van der Waals surface area contributed by atoms with Crippen LogP contribution in [-0.2, 0) is 23.7 Å². The van der Waals surface area contributed by atoms with Crippen LogP contribution in [0.3, 0.4) is 0 Å². The molecule has 8 atom stereocenters. The summed E-state index contributed by atoms with van der Waals surface area (Å²) in [4.78, 5) is 11.5. The van der Waals surface area contributed by atoms with E-state index in [1.165, 1.54) is 12.4 Å². The molecule has 3 rings (SSSR count). The van der Waals surface area contributed by atoms with Crippen LogP contribution in [0.1, 0.15) is 45.4 Å². The predicted molar refractivity (Wildman–Crippen MR) is 134 cm³/mol. The first kappa shape index (κ1) is 30.6. The molecule has 14 heteroatoms. The number of esters is 1. The van der Waals surface area contributed by atoms with Gasteiger partial charge in [-0.25, -0.2) is 0 Å². The molecule has 3 heterocycles. The van der Waals surface area contributed by atoms with E-state index in [4.69, 9.17) is 18.9 Å². The van der Waals surface area contributed by atoms with E-state index in [-0.39, 0.29) is 0 Å². The molecule has 218 valence electrons. The molecule has 3 aliphatic rings. The van der Waals surface area contributed by atoms with Crippen molar-refractivity contribution in [3.63, 3.8) is 0 Å². The minimum atomic E-state index is -1.63. The largest absolute Gasteiger partial charge is 0.457 e. The third-order valence-corrected chi connectivity index (χ3v) is 6.68. The molecule has 0 aromatic rings. The molecule has 0 amide bonds. The van der Waals surface area contributed by atoms with E-state index in [2.05, 4.69) is 10.2 Å². The van der Waals surface area contributed by atoms with Crippen LogP contribution in [-0.4, -0.2) is 143 Å². The van der Waals surface area contributed by atoms with Crippen LogP contribution in [0.4, 0.5) is 0 Å². The number of ether oxygens (including phenoxy) is 4. The summed E-state index contributed by atoms with van der Waals surface area (Å²) in [6.07, 6.45) is -2.24. The number of carbonyl (C=O) groups is 1. The molecular weight excluding hydrogens is 504 g/mol. The Balaban J connectivity index is 1.75. The molecule has 0 aromatic heterocycles. The molecule has 3 aliphatic heterocycles. The third kappa shape index (κ3) is 9.09. The van der Waals surface area contributed by atoms with Gasteiger partial charge in [-0.15, -0.1) is 0 Å². The monoisotopic (exact) mass is 546 g/mol. The van der Waals surface area contributed by atoms with Gasteiger partial charge in [0.2, 0.25) is 0 Å². The van der Waals surface area contributed by atoms with Gasteiger partial charge in [-0.2, -0.15) is 10.2 Å². The topological polar surface area (TPSA) is 186 Å². The maximum absolute atomic E-state index is 11.5. The first-order valence-corrected chi connectivity index (χ1v) is 13.3. The fraction of sp³-hybridized carbons (Fsp3) is 0.875. The van der Waals surface area contributed by atoms with Crippen molar-refractivity contribution in [2.24, 2.45) is 10.2 Å². The highest BCUT2D eigenvalue weighted by molar-refractivity contribution is 5.66. The van der Waals surface area contributed by atoms with Gasteiger partial charge >= 0.3 is 5.97 Å². The average Bonchev–Trinajstić information content (AvgIpc) is 2.93. The summed E-state index contributed by atoms with van der Waals surface area (Å²) >= 11 is 0. The first-order valence-electron chi connectivity index (χ1n) is 13.3. The average molecular weight is 547 g/mol. The van der Waals surface area contributed by atoms with Gasteiger partial charge in [0.1, 0.15) is 30.5 Å². The molecule has 3 fully saturated rings. The maximum atomic E-state index is 11.5. The second kappa shape index (κ2) is 15.6. The van der Waals surface area contributed by atoms with Crippen LogP contribution in [0.2, 0.25) is 0 Å². The van der Waals surface area contributed by atoms with Crippen LogP contribution in [0.15, 0.2) is 10.2 Å². The maximum Gasteiger partial charge on any atom is 0.303 e. The Morgan fingerprint density at radius 3 is 2.08 bits per heavy atom. The molecule has 5 N–H and O–H groups in total. The Morgan fingerprint density at radius 1 is 0.974 bits per heavy atom. The number of hydrogen-bond donors (Lipinski definition) is 5. The van der Waals surface area contributed by atoms with Crippen molar-refractivity contribution in [2.75, 3.05) is 39.4 Å². The standard InChI is InChI=1S/C24H42N4O10/c1-16(31)35-23-21(33)19(15-30)38-24(22(23)34)37-17(12-25-27-8-4-2-5-9-27)18(14-29)36-20(32)13-26-28-10-6-3-7-11-28/h12-13,17-24,29-30,32-34H,2-11,14-15H2,1H3/b25-12+,26-13-/t17-,18+,19+,20-,21-,22+,23-,24+/m0/s1. The Kier molecular flexibility index (Phi) is 12.6. The molecule has 0 aromatic carbocycles. The Labute approximate surface area is 222 Å². The van der Waals surface area contributed by atoms with Crippen LogP contribution in [0.5, 0.6) is 0 Å². The molecule has 0 unspecified atom stereocenters. The summed E-state index contributed by atoms with van der Waals surface area (Å²) in [5.74, 6) is -0.749. The van der Waals surface area contributed by atoms with Crippen LogP contribution >= 0.6 is 0 Å². The third-order valence-electron chi connectivity index (χ3n) is 6.68. The van der Waals surface area contributed by atoms with Crippen molar-refractivity contribution >= 4 is 18.4 Å². The van der Waals surface area contributed by atoms with E-state index in [9.17, 15) is 30.3 Å².